The van der Waals surface area contributed by atoms with Gasteiger partial charge < -0.3 is 10.2 Å². The predicted octanol–water partition coefficient (Wildman–Crippen LogP) is 4.77. The van der Waals surface area contributed by atoms with Gasteiger partial charge in [0, 0.05) is 24.3 Å². The van der Waals surface area contributed by atoms with Crippen molar-refractivity contribution in [2.75, 3.05) is 19.4 Å². The Labute approximate surface area is 156 Å². The molecule has 0 aliphatic rings. The largest absolute Gasteiger partial charge is 0.416 e. The van der Waals surface area contributed by atoms with Crippen LogP contribution in [0.5, 0.6) is 0 Å². The molecule has 0 aliphatic carbocycles. The summed E-state index contributed by atoms with van der Waals surface area (Å²) in [4.78, 5) is 2.09. The fourth-order valence-corrected chi connectivity index (χ4v) is 2.88. The fraction of sp³-hybridized carbons (Fsp3) is 0.250. The third-order valence-corrected chi connectivity index (χ3v) is 4.19. The molecule has 0 fully saturated rings. The Morgan fingerprint density at radius 2 is 1.70 bits per heavy atom. The van der Waals surface area contributed by atoms with Crippen molar-refractivity contribution in [3.05, 3.63) is 71.4 Å². The molecule has 27 heavy (non-hydrogen) atoms. The molecule has 3 aromatic rings. The van der Waals surface area contributed by atoms with E-state index in [0.717, 1.165) is 29.9 Å². The summed E-state index contributed by atoms with van der Waals surface area (Å²) in [5.41, 5.74) is 3.78. The van der Waals surface area contributed by atoms with Gasteiger partial charge in [0.1, 0.15) is 0 Å². The zero-order chi connectivity index (χ0) is 19.4. The number of aromatic nitrogens is 2. The van der Waals surface area contributed by atoms with Crippen molar-refractivity contribution in [3.63, 3.8) is 0 Å². The van der Waals surface area contributed by atoms with Crippen molar-refractivity contribution < 1.29 is 13.2 Å². The standard InChI is InChI=1S/C20H21F3N4/c1-27(2)13-15-5-3-4-6-18(15)24-11-16-12-25-26-19(16)14-7-9-17(10-8-14)20(21,22)23/h3-10,12,24H,11,13H2,1-2H3,(H,25,26). The van der Waals surface area contributed by atoms with Gasteiger partial charge in [-0.1, -0.05) is 30.3 Å². The monoisotopic (exact) mass is 374 g/mol. The smallest absolute Gasteiger partial charge is 0.381 e. The van der Waals surface area contributed by atoms with Crippen LogP contribution in [0, 0.1) is 0 Å². The highest BCUT2D eigenvalue weighted by molar-refractivity contribution is 5.64. The van der Waals surface area contributed by atoms with Crippen molar-refractivity contribution in [1.29, 1.82) is 0 Å². The molecule has 0 bridgehead atoms. The number of alkyl halides is 3. The first kappa shape index (κ1) is 19.0. The van der Waals surface area contributed by atoms with Crippen LogP contribution in [-0.4, -0.2) is 29.2 Å². The van der Waals surface area contributed by atoms with Gasteiger partial charge in [-0.05, 0) is 43.4 Å². The van der Waals surface area contributed by atoms with Crippen molar-refractivity contribution in [3.8, 4) is 11.3 Å². The first-order valence-corrected chi connectivity index (χ1v) is 8.51. The number of nitrogens with zero attached hydrogens (tertiary/aromatic N) is 2. The quantitative estimate of drug-likeness (QED) is 0.653. The number of aromatic amines is 1. The molecule has 0 saturated heterocycles. The molecule has 0 amide bonds. The van der Waals surface area contributed by atoms with E-state index in [4.69, 9.17) is 0 Å². The van der Waals surface area contributed by atoms with E-state index >= 15 is 0 Å². The molecule has 1 aromatic heterocycles. The average molecular weight is 374 g/mol. The maximum Gasteiger partial charge on any atom is 0.416 e. The van der Waals surface area contributed by atoms with E-state index in [1.54, 1.807) is 6.20 Å². The van der Waals surface area contributed by atoms with Gasteiger partial charge in [0.25, 0.3) is 0 Å². The molecule has 0 aliphatic heterocycles. The number of para-hydroxylation sites is 1. The minimum Gasteiger partial charge on any atom is -0.381 e. The van der Waals surface area contributed by atoms with E-state index in [1.165, 1.54) is 17.7 Å². The summed E-state index contributed by atoms with van der Waals surface area (Å²) < 4.78 is 38.2. The van der Waals surface area contributed by atoms with Gasteiger partial charge >= 0.3 is 6.18 Å². The molecule has 2 N–H and O–H groups in total. The normalized spacial score (nSPS) is 11.8. The number of hydrogen-bond acceptors (Lipinski definition) is 3. The van der Waals surface area contributed by atoms with Gasteiger partial charge in [0.05, 0.1) is 17.5 Å². The average Bonchev–Trinajstić information content (AvgIpc) is 3.08. The van der Waals surface area contributed by atoms with Gasteiger partial charge in [-0.15, -0.1) is 0 Å². The lowest BCUT2D eigenvalue weighted by Gasteiger charge is -2.15. The maximum absolute atomic E-state index is 12.7. The fourth-order valence-electron chi connectivity index (χ4n) is 2.88. The van der Waals surface area contributed by atoms with Gasteiger partial charge in [-0.3, -0.25) is 5.10 Å². The number of halogens is 3. The Morgan fingerprint density at radius 1 is 1.00 bits per heavy atom. The Hall–Kier alpha value is -2.80. The van der Waals surface area contributed by atoms with Gasteiger partial charge in [-0.2, -0.15) is 18.3 Å². The Morgan fingerprint density at radius 3 is 2.37 bits per heavy atom. The lowest BCUT2D eigenvalue weighted by atomic mass is 10.1. The number of H-pyrrole nitrogens is 1. The number of benzene rings is 2. The molecule has 7 heteroatoms. The van der Waals surface area contributed by atoms with E-state index in [2.05, 4.69) is 26.5 Å². The first-order chi connectivity index (χ1) is 12.8. The van der Waals surface area contributed by atoms with E-state index in [9.17, 15) is 13.2 Å². The third kappa shape index (κ3) is 4.68. The zero-order valence-electron chi connectivity index (χ0n) is 15.1. The Balaban J connectivity index is 1.77. The summed E-state index contributed by atoms with van der Waals surface area (Å²) in [7, 11) is 4.02. The molecule has 0 atom stereocenters. The second kappa shape index (κ2) is 7.84. The Kier molecular flexibility index (Phi) is 5.51. The molecule has 0 unspecified atom stereocenters. The van der Waals surface area contributed by atoms with Gasteiger partial charge in [-0.25, -0.2) is 0 Å². The van der Waals surface area contributed by atoms with E-state index < -0.39 is 11.7 Å². The van der Waals surface area contributed by atoms with Crippen molar-refractivity contribution in [1.82, 2.24) is 15.1 Å². The minimum absolute atomic E-state index is 0.511. The summed E-state index contributed by atoms with van der Waals surface area (Å²) in [6, 6.07) is 13.1. The summed E-state index contributed by atoms with van der Waals surface area (Å²) in [6.07, 6.45) is -2.65. The van der Waals surface area contributed by atoms with Crippen LogP contribution in [0.1, 0.15) is 16.7 Å². The molecule has 142 valence electrons. The van der Waals surface area contributed by atoms with E-state index in [0.29, 0.717) is 17.8 Å². The van der Waals surface area contributed by atoms with Gasteiger partial charge in [0.2, 0.25) is 0 Å². The zero-order valence-corrected chi connectivity index (χ0v) is 15.1. The molecule has 0 spiro atoms. The molecule has 2 aromatic carbocycles. The molecule has 0 saturated carbocycles. The SMILES string of the molecule is CN(C)Cc1ccccc1NCc1cn[nH]c1-c1ccc(C(F)(F)F)cc1. The van der Waals surface area contributed by atoms with E-state index in [-0.39, 0.29) is 0 Å². The van der Waals surface area contributed by atoms with Crippen LogP contribution in [0.4, 0.5) is 18.9 Å². The van der Waals surface area contributed by atoms with Gasteiger partial charge in [0.15, 0.2) is 0 Å². The second-order valence-corrected chi connectivity index (χ2v) is 6.59. The van der Waals surface area contributed by atoms with Crippen LogP contribution in [0.25, 0.3) is 11.3 Å². The summed E-state index contributed by atoms with van der Waals surface area (Å²) in [5, 5.41) is 10.3. The molecular formula is C20H21F3N4. The van der Waals surface area contributed by atoms with Crippen LogP contribution in [-0.2, 0) is 19.3 Å². The van der Waals surface area contributed by atoms with Crippen molar-refractivity contribution in [2.24, 2.45) is 0 Å². The number of nitrogens with one attached hydrogen (secondary N) is 2. The topological polar surface area (TPSA) is 44.0 Å². The molecule has 3 rings (SSSR count). The third-order valence-electron chi connectivity index (χ3n) is 4.19. The van der Waals surface area contributed by atoms with Crippen molar-refractivity contribution >= 4 is 5.69 Å². The highest BCUT2D eigenvalue weighted by Gasteiger charge is 2.30. The maximum atomic E-state index is 12.7. The molecule has 0 radical (unpaired) electrons. The van der Waals surface area contributed by atoms with Crippen LogP contribution in [0.3, 0.4) is 0 Å². The van der Waals surface area contributed by atoms with Crippen LogP contribution in [0.2, 0.25) is 0 Å². The molecular weight excluding hydrogens is 353 g/mol. The number of rotatable bonds is 6. The summed E-state index contributed by atoms with van der Waals surface area (Å²) in [5.74, 6) is 0. The molecule has 1 heterocycles. The first-order valence-electron chi connectivity index (χ1n) is 8.51. The minimum atomic E-state index is -4.34. The second-order valence-electron chi connectivity index (χ2n) is 6.59. The predicted molar refractivity (Wildman–Crippen MR) is 100 cm³/mol. The van der Waals surface area contributed by atoms with Crippen molar-refractivity contribution in [2.45, 2.75) is 19.3 Å². The highest BCUT2D eigenvalue weighted by Crippen LogP contribution is 2.31. The highest BCUT2D eigenvalue weighted by atomic mass is 19.4. The lowest BCUT2D eigenvalue weighted by Crippen LogP contribution is -2.13. The Bertz CT molecular complexity index is 883. The van der Waals surface area contributed by atoms with Crippen LogP contribution < -0.4 is 5.32 Å². The lowest BCUT2D eigenvalue weighted by molar-refractivity contribution is -0.137. The van der Waals surface area contributed by atoms with Crippen LogP contribution >= 0.6 is 0 Å². The van der Waals surface area contributed by atoms with Crippen LogP contribution in [0.15, 0.2) is 54.7 Å². The number of anilines is 1. The molecule has 4 nitrogen and oxygen atoms in total. The van der Waals surface area contributed by atoms with E-state index in [1.807, 2.05) is 32.3 Å². The summed E-state index contributed by atoms with van der Waals surface area (Å²) >= 11 is 0. The summed E-state index contributed by atoms with van der Waals surface area (Å²) in [6.45, 7) is 1.32. The number of hydrogen-bond donors (Lipinski definition) is 2.